The third-order valence-electron chi connectivity index (χ3n) is 4.20. The molecule has 0 radical (unpaired) electrons. The van der Waals surface area contributed by atoms with Crippen molar-refractivity contribution in [2.24, 2.45) is 0 Å². The molecule has 0 saturated heterocycles. The number of methoxy groups -OCH3 is 1. The van der Waals surface area contributed by atoms with Gasteiger partial charge in [-0.25, -0.2) is 0 Å². The number of hydrogen-bond acceptors (Lipinski definition) is 3. The van der Waals surface area contributed by atoms with Crippen LogP contribution in [-0.2, 0) is 16.6 Å². The van der Waals surface area contributed by atoms with Crippen LogP contribution in [0.5, 0.6) is 0 Å². The fraction of sp³-hybridized carbons (Fsp3) is 0.533. The van der Waals surface area contributed by atoms with Gasteiger partial charge in [-0.3, -0.25) is 0 Å². The van der Waals surface area contributed by atoms with Crippen molar-refractivity contribution >= 4 is 0 Å². The summed E-state index contributed by atoms with van der Waals surface area (Å²) in [6.45, 7) is 2.09. The highest BCUT2D eigenvalue weighted by atomic mass is 16.5. The van der Waals surface area contributed by atoms with Gasteiger partial charge in [0, 0.05) is 7.11 Å². The molecule has 0 bridgehead atoms. The number of ether oxygens (including phenoxy) is 1. The second kappa shape index (κ2) is 4.72. The second-order valence-electron chi connectivity index (χ2n) is 4.99. The molecule has 3 heteroatoms. The van der Waals surface area contributed by atoms with Gasteiger partial charge in [-0.2, -0.15) is 5.26 Å². The van der Waals surface area contributed by atoms with Crippen LogP contribution in [0.15, 0.2) is 24.3 Å². The number of aliphatic hydroxyl groups is 1. The Morgan fingerprint density at radius 2 is 2.22 bits per heavy atom. The first kappa shape index (κ1) is 13.1. The normalized spacial score (nSPS) is 25.2. The van der Waals surface area contributed by atoms with Crippen LogP contribution in [0, 0.1) is 11.3 Å². The molecule has 0 amide bonds. The van der Waals surface area contributed by atoms with Crippen LogP contribution in [0.3, 0.4) is 0 Å². The van der Waals surface area contributed by atoms with Crippen LogP contribution in [-0.4, -0.2) is 24.4 Å². The second-order valence-corrected chi connectivity index (χ2v) is 4.99. The Morgan fingerprint density at radius 3 is 2.83 bits per heavy atom. The molecule has 0 heterocycles. The van der Waals surface area contributed by atoms with Crippen LogP contribution >= 0.6 is 0 Å². The van der Waals surface area contributed by atoms with Crippen molar-refractivity contribution in [3.8, 4) is 6.07 Å². The van der Waals surface area contributed by atoms with Crippen LogP contribution in [0.25, 0.3) is 0 Å². The highest BCUT2D eigenvalue weighted by Gasteiger charge is 2.54. The van der Waals surface area contributed by atoms with Gasteiger partial charge in [0.25, 0.3) is 0 Å². The van der Waals surface area contributed by atoms with Crippen molar-refractivity contribution in [1.82, 2.24) is 0 Å². The monoisotopic (exact) mass is 245 g/mol. The maximum Gasteiger partial charge on any atom is 0.114 e. The van der Waals surface area contributed by atoms with Gasteiger partial charge in [0.05, 0.1) is 12.7 Å². The molecule has 1 aromatic carbocycles. The third-order valence-corrected chi connectivity index (χ3v) is 4.20. The molecule has 2 atom stereocenters. The van der Waals surface area contributed by atoms with Gasteiger partial charge in [0.2, 0.25) is 0 Å². The summed E-state index contributed by atoms with van der Waals surface area (Å²) in [5.41, 5.74) is 0.174. The fourth-order valence-electron chi connectivity index (χ4n) is 3.08. The van der Waals surface area contributed by atoms with Crippen LogP contribution in [0.1, 0.15) is 30.9 Å². The molecule has 1 aliphatic rings. The molecule has 0 saturated carbocycles. The average Bonchev–Trinajstić information content (AvgIpc) is 2.79. The minimum atomic E-state index is -1.12. The highest BCUT2D eigenvalue weighted by molar-refractivity contribution is 5.47. The maximum absolute atomic E-state index is 10.9. The van der Waals surface area contributed by atoms with E-state index >= 15 is 0 Å². The molecule has 96 valence electrons. The highest BCUT2D eigenvalue weighted by Crippen LogP contribution is 2.47. The van der Waals surface area contributed by atoms with Crippen molar-refractivity contribution in [1.29, 1.82) is 5.26 Å². The molecular weight excluding hydrogens is 226 g/mol. The summed E-state index contributed by atoms with van der Waals surface area (Å²) in [7, 11) is 1.56. The van der Waals surface area contributed by atoms with E-state index in [0.717, 1.165) is 12.0 Å². The quantitative estimate of drug-likeness (QED) is 0.884. The van der Waals surface area contributed by atoms with Crippen molar-refractivity contribution in [3.63, 3.8) is 0 Å². The average molecular weight is 245 g/mol. The lowest BCUT2D eigenvalue weighted by molar-refractivity contribution is -0.0753. The molecule has 0 aromatic heterocycles. The molecule has 3 nitrogen and oxygen atoms in total. The smallest absolute Gasteiger partial charge is 0.114 e. The Hall–Kier alpha value is -1.37. The summed E-state index contributed by atoms with van der Waals surface area (Å²) in [6, 6.07) is 10.3. The molecule has 0 aliphatic heterocycles. The molecule has 0 spiro atoms. The van der Waals surface area contributed by atoms with Gasteiger partial charge in [-0.1, -0.05) is 31.2 Å². The van der Waals surface area contributed by atoms with E-state index in [4.69, 9.17) is 4.74 Å². The zero-order valence-electron chi connectivity index (χ0n) is 10.9. The van der Waals surface area contributed by atoms with E-state index < -0.39 is 11.0 Å². The number of aryl methyl sites for hydroxylation is 1. The number of hydrogen-bond donors (Lipinski definition) is 1. The van der Waals surface area contributed by atoms with Crippen LogP contribution in [0.2, 0.25) is 0 Å². The Bertz CT molecular complexity index is 480. The van der Waals surface area contributed by atoms with E-state index in [2.05, 4.69) is 6.07 Å². The summed E-state index contributed by atoms with van der Waals surface area (Å²) in [5, 5.41) is 20.6. The standard InChI is InChI=1S/C15H19NO2/c1-3-15(17,11-18-2)14(10-16)9-8-12-6-4-5-7-13(12)14/h4-7,17H,3,8-9,11H2,1-2H3. The first-order chi connectivity index (χ1) is 8.63. The van der Waals surface area contributed by atoms with E-state index in [1.54, 1.807) is 7.11 Å². The first-order valence-electron chi connectivity index (χ1n) is 6.34. The van der Waals surface area contributed by atoms with E-state index in [1.165, 1.54) is 5.56 Å². The lowest BCUT2D eigenvalue weighted by atomic mass is 9.68. The predicted molar refractivity (Wildman–Crippen MR) is 69.2 cm³/mol. The molecule has 0 fully saturated rings. The van der Waals surface area contributed by atoms with Gasteiger partial charge in [0.1, 0.15) is 11.0 Å². The zero-order valence-corrected chi connectivity index (χ0v) is 10.9. The van der Waals surface area contributed by atoms with Crippen molar-refractivity contribution in [2.75, 3.05) is 13.7 Å². The lowest BCUT2D eigenvalue weighted by Gasteiger charge is -2.40. The van der Waals surface area contributed by atoms with Gasteiger partial charge in [-0.15, -0.1) is 0 Å². The van der Waals surface area contributed by atoms with E-state index in [0.29, 0.717) is 12.8 Å². The number of fused-ring (bicyclic) bond motifs is 1. The third kappa shape index (κ3) is 1.65. The summed E-state index contributed by atoms with van der Waals surface area (Å²) >= 11 is 0. The molecule has 2 unspecified atom stereocenters. The lowest BCUT2D eigenvalue weighted by Crippen LogP contribution is -2.52. The molecular formula is C15H19NO2. The summed E-state index contributed by atoms with van der Waals surface area (Å²) in [4.78, 5) is 0. The maximum atomic E-state index is 10.9. The molecule has 2 rings (SSSR count). The minimum Gasteiger partial charge on any atom is -0.385 e. The minimum absolute atomic E-state index is 0.186. The van der Waals surface area contributed by atoms with Gasteiger partial charge in [0.15, 0.2) is 0 Å². The Balaban J connectivity index is 2.55. The van der Waals surface area contributed by atoms with E-state index in [1.807, 2.05) is 31.2 Å². The Morgan fingerprint density at radius 1 is 1.50 bits per heavy atom. The largest absolute Gasteiger partial charge is 0.385 e. The molecule has 1 N–H and O–H groups in total. The predicted octanol–water partition coefficient (Wildman–Crippen LogP) is 2.18. The number of nitriles is 1. The molecule has 1 aliphatic carbocycles. The van der Waals surface area contributed by atoms with Gasteiger partial charge < -0.3 is 9.84 Å². The summed E-state index contributed by atoms with van der Waals surface area (Å²) < 4.78 is 5.15. The molecule has 18 heavy (non-hydrogen) atoms. The first-order valence-corrected chi connectivity index (χ1v) is 6.34. The van der Waals surface area contributed by atoms with Gasteiger partial charge in [-0.05, 0) is 30.4 Å². The number of rotatable bonds is 4. The van der Waals surface area contributed by atoms with Crippen molar-refractivity contribution < 1.29 is 9.84 Å². The van der Waals surface area contributed by atoms with E-state index in [-0.39, 0.29) is 6.61 Å². The SMILES string of the molecule is CCC(O)(COC)C1(C#N)CCc2ccccc21. The van der Waals surface area contributed by atoms with Crippen molar-refractivity contribution in [2.45, 2.75) is 37.2 Å². The number of nitrogens with zero attached hydrogens (tertiary/aromatic N) is 1. The topological polar surface area (TPSA) is 53.2 Å². The van der Waals surface area contributed by atoms with Crippen LogP contribution < -0.4 is 0 Å². The Labute approximate surface area is 108 Å². The summed E-state index contributed by atoms with van der Waals surface area (Å²) in [6.07, 6.45) is 2.01. The summed E-state index contributed by atoms with van der Waals surface area (Å²) in [5.74, 6) is 0. The van der Waals surface area contributed by atoms with Crippen LogP contribution in [0.4, 0.5) is 0 Å². The Kier molecular flexibility index (Phi) is 3.43. The number of benzene rings is 1. The van der Waals surface area contributed by atoms with Gasteiger partial charge >= 0.3 is 0 Å². The fourth-order valence-corrected chi connectivity index (χ4v) is 3.08. The van der Waals surface area contributed by atoms with Crippen molar-refractivity contribution in [3.05, 3.63) is 35.4 Å². The molecule has 1 aromatic rings. The zero-order chi connectivity index (χ0) is 13.2. The van der Waals surface area contributed by atoms with E-state index in [9.17, 15) is 10.4 Å².